The summed E-state index contributed by atoms with van der Waals surface area (Å²) in [6.07, 6.45) is 2.82. The van der Waals surface area contributed by atoms with Crippen molar-refractivity contribution in [3.8, 4) is 0 Å². The van der Waals surface area contributed by atoms with Gasteiger partial charge < -0.3 is 20.7 Å². The number of rotatable bonds is 3. The number of fused-ring (bicyclic) bond motifs is 1. The highest BCUT2D eigenvalue weighted by molar-refractivity contribution is 9.09. The number of H-pyrrole nitrogens is 1. The average molecular weight is 424 g/mol. The molecule has 1 aromatic heterocycles. The number of nitrogens with one attached hydrogen (secondary N) is 1. The second-order valence-corrected chi connectivity index (χ2v) is 8.87. The lowest BCUT2D eigenvalue weighted by atomic mass is 10.00. The molecule has 0 spiro atoms. The monoisotopic (exact) mass is 423 g/mol. The standard InChI is InChI=1S/C18H19BrFN3O3/c1-8-6-23(7-12(8)21)15-11(20)4-9-14(13(15)18(19)2-3-18)22-5-10(16(9)24)17(25)26/h4-5,8,12H,2-3,6-7,21H2,1H3,(H,22,24)(H,25,26). The molecule has 2 aromatic rings. The summed E-state index contributed by atoms with van der Waals surface area (Å²) in [6.45, 7) is 3.21. The summed E-state index contributed by atoms with van der Waals surface area (Å²) >= 11 is 3.69. The van der Waals surface area contributed by atoms with Gasteiger partial charge in [0.25, 0.3) is 0 Å². The van der Waals surface area contributed by atoms with Crippen LogP contribution < -0.4 is 16.1 Å². The SMILES string of the molecule is CC1CN(c2c(F)cc3c(=O)c(C(=O)O)c[nH]c3c2C2(Br)CC2)CC1N. The van der Waals surface area contributed by atoms with Crippen molar-refractivity contribution in [1.29, 1.82) is 0 Å². The molecule has 0 bridgehead atoms. The fourth-order valence-electron chi connectivity index (χ4n) is 3.76. The van der Waals surface area contributed by atoms with Crippen LogP contribution in [0.3, 0.4) is 0 Å². The molecule has 1 aliphatic carbocycles. The van der Waals surface area contributed by atoms with Crippen LogP contribution in [0.15, 0.2) is 17.1 Å². The Labute approximate surface area is 157 Å². The Morgan fingerprint density at radius 1 is 1.46 bits per heavy atom. The first kappa shape index (κ1) is 17.5. The van der Waals surface area contributed by atoms with E-state index in [1.165, 1.54) is 6.20 Å². The number of benzene rings is 1. The molecule has 6 nitrogen and oxygen atoms in total. The highest BCUT2D eigenvalue weighted by Crippen LogP contribution is 2.58. The van der Waals surface area contributed by atoms with Gasteiger partial charge in [-0.25, -0.2) is 9.18 Å². The molecule has 2 unspecified atom stereocenters. The van der Waals surface area contributed by atoms with Gasteiger partial charge in [0.15, 0.2) is 0 Å². The highest BCUT2D eigenvalue weighted by atomic mass is 79.9. The summed E-state index contributed by atoms with van der Waals surface area (Å²) in [5, 5.41) is 9.24. The van der Waals surface area contributed by atoms with Gasteiger partial charge in [-0.15, -0.1) is 0 Å². The fourth-order valence-corrected chi connectivity index (χ4v) is 4.35. The van der Waals surface area contributed by atoms with Gasteiger partial charge in [0, 0.05) is 36.3 Å². The second kappa shape index (κ2) is 5.79. The molecule has 1 saturated carbocycles. The number of carbonyl (C=O) groups is 1. The molecule has 8 heteroatoms. The number of carboxylic acid groups (broad SMARTS) is 1. The number of anilines is 1. The van der Waals surface area contributed by atoms with Crippen molar-refractivity contribution in [3.63, 3.8) is 0 Å². The maximum Gasteiger partial charge on any atom is 0.341 e. The number of nitrogens with two attached hydrogens (primary N) is 1. The van der Waals surface area contributed by atoms with Crippen LogP contribution >= 0.6 is 15.9 Å². The van der Waals surface area contributed by atoms with Crippen molar-refractivity contribution in [2.45, 2.75) is 30.1 Å². The van der Waals surface area contributed by atoms with E-state index in [1.807, 2.05) is 11.8 Å². The Morgan fingerprint density at radius 2 is 2.15 bits per heavy atom. The average Bonchev–Trinajstić information content (AvgIpc) is 3.23. The second-order valence-electron chi connectivity index (χ2n) is 7.35. The van der Waals surface area contributed by atoms with Gasteiger partial charge >= 0.3 is 5.97 Å². The van der Waals surface area contributed by atoms with Gasteiger partial charge in [0.05, 0.1) is 15.5 Å². The Kier molecular flexibility index (Phi) is 3.89. The number of hydrogen-bond acceptors (Lipinski definition) is 4. The third kappa shape index (κ3) is 2.54. The number of carboxylic acids is 1. The molecule has 0 amide bonds. The first-order valence-electron chi connectivity index (χ1n) is 8.54. The van der Waals surface area contributed by atoms with Crippen molar-refractivity contribution in [1.82, 2.24) is 4.98 Å². The van der Waals surface area contributed by atoms with Crippen molar-refractivity contribution < 1.29 is 14.3 Å². The quantitative estimate of drug-likeness (QED) is 0.658. The molecule has 1 aliphatic heterocycles. The van der Waals surface area contributed by atoms with E-state index in [0.717, 1.165) is 18.9 Å². The number of aromatic carboxylic acids is 1. The predicted octanol–water partition coefficient (Wildman–Crippen LogP) is 2.53. The van der Waals surface area contributed by atoms with Crippen LogP contribution in [0.5, 0.6) is 0 Å². The Balaban J connectivity index is 2.01. The molecular weight excluding hydrogens is 405 g/mol. The Bertz CT molecular complexity index is 976. The van der Waals surface area contributed by atoms with E-state index in [4.69, 9.17) is 5.73 Å². The smallest absolute Gasteiger partial charge is 0.341 e. The molecule has 2 fully saturated rings. The maximum absolute atomic E-state index is 15.2. The van der Waals surface area contributed by atoms with E-state index in [-0.39, 0.29) is 17.3 Å². The predicted molar refractivity (Wildman–Crippen MR) is 101 cm³/mol. The first-order chi connectivity index (χ1) is 12.2. The summed E-state index contributed by atoms with van der Waals surface area (Å²) in [5.41, 5.74) is 6.66. The van der Waals surface area contributed by atoms with Gasteiger partial charge in [-0.05, 0) is 24.8 Å². The van der Waals surface area contributed by atoms with E-state index < -0.39 is 27.1 Å². The highest BCUT2D eigenvalue weighted by Gasteiger charge is 2.47. The number of nitrogens with zero attached hydrogens (tertiary/aromatic N) is 1. The fraction of sp³-hybridized carbons (Fsp3) is 0.444. The number of alkyl halides is 1. The van der Waals surface area contributed by atoms with Crippen molar-refractivity contribution in [3.05, 3.63) is 39.4 Å². The van der Waals surface area contributed by atoms with Crippen molar-refractivity contribution in [2.24, 2.45) is 11.7 Å². The molecule has 2 atom stereocenters. The van der Waals surface area contributed by atoms with E-state index in [0.29, 0.717) is 29.9 Å². The molecule has 138 valence electrons. The van der Waals surface area contributed by atoms with E-state index in [9.17, 15) is 14.7 Å². The molecule has 2 aliphatic rings. The van der Waals surface area contributed by atoms with Crippen LogP contribution in [0.25, 0.3) is 10.9 Å². The van der Waals surface area contributed by atoms with Gasteiger partial charge in [-0.2, -0.15) is 0 Å². The van der Waals surface area contributed by atoms with Gasteiger partial charge in [0.1, 0.15) is 11.4 Å². The summed E-state index contributed by atoms with van der Waals surface area (Å²) in [7, 11) is 0. The Hall–Kier alpha value is -1.93. The summed E-state index contributed by atoms with van der Waals surface area (Å²) in [5.74, 6) is -1.62. The minimum absolute atomic E-state index is 0.0446. The number of pyridine rings is 1. The molecule has 4 rings (SSSR count). The Morgan fingerprint density at radius 3 is 2.69 bits per heavy atom. The molecule has 1 saturated heterocycles. The number of halogens is 2. The third-order valence-electron chi connectivity index (χ3n) is 5.46. The minimum atomic E-state index is -1.33. The summed E-state index contributed by atoms with van der Waals surface area (Å²) < 4.78 is 14.7. The molecule has 4 N–H and O–H groups in total. The van der Waals surface area contributed by atoms with Crippen LogP contribution in [-0.2, 0) is 4.32 Å². The van der Waals surface area contributed by atoms with Gasteiger partial charge in [-0.1, -0.05) is 22.9 Å². The van der Waals surface area contributed by atoms with E-state index in [1.54, 1.807) is 0 Å². The van der Waals surface area contributed by atoms with E-state index in [2.05, 4.69) is 20.9 Å². The number of aromatic nitrogens is 1. The van der Waals surface area contributed by atoms with Crippen LogP contribution in [0.4, 0.5) is 10.1 Å². The number of hydrogen-bond donors (Lipinski definition) is 3. The van der Waals surface area contributed by atoms with E-state index >= 15 is 4.39 Å². The van der Waals surface area contributed by atoms with Crippen LogP contribution in [0.2, 0.25) is 0 Å². The zero-order chi connectivity index (χ0) is 18.8. The normalized spacial score (nSPS) is 24.2. The lowest BCUT2D eigenvalue weighted by molar-refractivity contribution is 0.0695. The van der Waals surface area contributed by atoms with Gasteiger partial charge in [-0.3, -0.25) is 4.79 Å². The zero-order valence-electron chi connectivity index (χ0n) is 14.2. The topological polar surface area (TPSA) is 99.4 Å². The lowest BCUT2D eigenvalue weighted by Crippen LogP contribution is -2.29. The molecule has 0 radical (unpaired) electrons. The maximum atomic E-state index is 15.2. The summed E-state index contributed by atoms with van der Waals surface area (Å²) in [4.78, 5) is 28.7. The minimum Gasteiger partial charge on any atom is -0.477 e. The first-order valence-corrected chi connectivity index (χ1v) is 9.33. The van der Waals surface area contributed by atoms with Crippen LogP contribution in [0.1, 0.15) is 35.7 Å². The number of aromatic amines is 1. The zero-order valence-corrected chi connectivity index (χ0v) is 15.8. The molecule has 2 heterocycles. The largest absolute Gasteiger partial charge is 0.477 e. The van der Waals surface area contributed by atoms with Crippen LogP contribution in [-0.4, -0.2) is 35.2 Å². The molecule has 1 aromatic carbocycles. The molecular formula is C18H19BrFN3O3. The lowest BCUT2D eigenvalue weighted by Gasteiger charge is -2.26. The van der Waals surface area contributed by atoms with Crippen molar-refractivity contribution >= 4 is 38.5 Å². The van der Waals surface area contributed by atoms with Crippen LogP contribution in [0, 0.1) is 11.7 Å². The van der Waals surface area contributed by atoms with Gasteiger partial charge in [0.2, 0.25) is 5.43 Å². The molecule has 26 heavy (non-hydrogen) atoms. The summed E-state index contributed by atoms with van der Waals surface area (Å²) in [6, 6.07) is 1.10. The third-order valence-corrected chi connectivity index (χ3v) is 6.65. The van der Waals surface area contributed by atoms with Crippen molar-refractivity contribution in [2.75, 3.05) is 18.0 Å².